The summed E-state index contributed by atoms with van der Waals surface area (Å²) in [6, 6.07) is 13.8. The second-order valence-electron chi connectivity index (χ2n) is 7.54. The van der Waals surface area contributed by atoms with Crippen molar-refractivity contribution >= 4 is 18.0 Å². The van der Waals surface area contributed by atoms with Crippen molar-refractivity contribution in [3.63, 3.8) is 0 Å². The molecule has 0 bridgehead atoms. The average molecular weight is 419 g/mol. The van der Waals surface area contributed by atoms with Crippen molar-refractivity contribution in [2.45, 2.75) is 38.5 Å². The van der Waals surface area contributed by atoms with Gasteiger partial charge in [0.15, 0.2) is 11.5 Å². The summed E-state index contributed by atoms with van der Waals surface area (Å²) in [6.45, 7) is 7.60. The lowest BCUT2D eigenvalue weighted by Gasteiger charge is -2.19. The molecule has 0 atom stereocenters. The molecule has 0 saturated heterocycles. The third kappa shape index (κ3) is 7.51. The van der Waals surface area contributed by atoms with Gasteiger partial charge >= 0.3 is 6.09 Å². The predicted octanol–water partition coefficient (Wildman–Crippen LogP) is 4.40. The third-order valence-electron chi connectivity index (χ3n) is 4.19. The maximum Gasteiger partial charge on any atom is 0.417 e. The lowest BCUT2D eigenvalue weighted by molar-refractivity contribution is 0.146. The number of carbonyl (C=O) groups is 1. The fraction of sp³-hybridized carbons (Fsp3) is 0.409. The van der Waals surface area contributed by atoms with Gasteiger partial charge in [0.2, 0.25) is 0 Å². The van der Waals surface area contributed by atoms with Crippen LogP contribution in [0.4, 0.5) is 4.79 Å². The summed E-state index contributed by atoms with van der Waals surface area (Å²) < 4.78 is 18.8. The Morgan fingerprint density at radius 2 is 1.76 bits per heavy atom. The van der Waals surface area contributed by atoms with Crippen LogP contribution in [0.3, 0.4) is 0 Å². The summed E-state index contributed by atoms with van der Waals surface area (Å²) in [5, 5.41) is 0. The molecule has 0 saturated carbocycles. The van der Waals surface area contributed by atoms with Crippen LogP contribution in [0.25, 0.3) is 0 Å². The van der Waals surface area contributed by atoms with Crippen LogP contribution < -0.4 is 19.9 Å². The van der Waals surface area contributed by atoms with Crippen LogP contribution in [-0.2, 0) is 22.5 Å². The van der Waals surface area contributed by atoms with Crippen LogP contribution in [0.15, 0.2) is 42.5 Å². The summed E-state index contributed by atoms with van der Waals surface area (Å²) in [4.78, 5) is 11.9. The van der Waals surface area contributed by atoms with Crippen molar-refractivity contribution < 1.29 is 19.0 Å². The van der Waals surface area contributed by atoms with E-state index in [1.807, 2.05) is 30.3 Å². The van der Waals surface area contributed by atoms with E-state index < -0.39 is 6.09 Å². The van der Waals surface area contributed by atoms with Crippen molar-refractivity contribution in [3.8, 4) is 11.5 Å². The van der Waals surface area contributed by atoms with Crippen molar-refractivity contribution in [2.75, 3.05) is 20.3 Å². The summed E-state index contributed by atoms with van der Waals surface area (Å²) in [6.07, 6.45) is -0.468. The minimum absolute atomic E-state index is 0.102. The smallest absolute Gasteiger partial charge is 0.417 e. The zero-order valence-electron chi connectivity index (χ0n) is 17.5. The Labute approximate surface area is 177 Å². The maximum absolute atomic E-state index is 11.9. The van der Waals surface area contributed by atoms with Gasteiger partial charge in [0.1, 0.15) is 13.2 Å². The van der Waals surface area contributed by atoms with E-state index in [0.717, 1.165) is 11.1 Å². The minimum atomic E-state index is -0.468. The highest BCUT2D eigenvalue weighted by atomic mass is 32.2. The molecule has 0 aliphatic heterocycles. The molecular weight excluding hydrogens is 388 g/mol. The molecule has 0 unspecified atom stereocenters. The van der Waals surface area contributed by atoms with Crippen LogP contribution in [0.2, 0.25) is 0 Å². The molecule has 7 heteroatoms. The number of methoxy groups -OCH3 is 1. The topological polar surface area (TPSA) is 82.8 Å². The van der Waals surface area contributed by atoms with Gasteiger partial charge in [-0.1, -0.05) is 51.1 Å². The Morgan fingerprint density at radius 3 is 2.38 bits per heavy atom. The minimum Gasteiger partial charge on any atom is -0.493 e. The van der Waals surface area contributed by atoms with Gasteiger partial charge in [-0.05, 0) is 46.2 Å². The van der Waals surface area contributed by atoms with Gasteiger partial charge < -0.3 is 19.9 Å². The number of benzene rings is 2. The average Bonchev–Trinajstić information content (AvgIpc) is 2.70. The molecule has 0 spiro atoms. The van der Waals surface area contributed by atoms with Gasteiger partial charge in [-0.2, -0.15) is 0 Å². The second kappa shape index (κ2) is 11.0. The van der Waals surface area contributed by atoms with Gasteiger partial charge in [0, 0.05) is 12.3 Å². The summed E-state index contributed by atoms with van der Waals surface area (Å²) >= 11 is 1.26. The molecule has 158 valence electrons. The molecule has 2 aromatic carbocycles. The van der Waals surface area contributed by atoms with E-state index >= 15 is 0 Å². The van der Waals surface area contributed by atoms with Gasteiger partial charge in [-0.3, -0.25) is 4.72 Å². The van der Waals surface area contributed by atoms with E-state index in [1.165, 1.54) is 17.5 Å². The molecule has 2 rings (SSSR count). The van der Waals surface area contributed by atoms with E-state index in [-0.39, 0.29) is 12.0 Å². The second-order valence-corrected chi connectivity index (χ2v) is 8.32. The third-order valence-corrected chi connectivity index (χ3v) is 4.98. The summed E-state index contributed by atoms with van der Waals surface area (Å²) in [7, 11) is 1.59. The van der Waals surface area contributed by atoms with E-state index in [4.69, 9.17) is 19.9 Å². The van der Waals surface area contributed by atoms with Crippen LogP contribution in [0.1, 0.15) is 37.5 Å². The molecule has 3 N–H and O–H groups in total. The van der Waals surface area contributed by atoms with Gasteiger partial charge in [-0.15, -0.1) is 0 Å². The monoisotopic (exact) mass is 418 g/mol. The number of hydrogen-bond donors (Lipinski definition) is 2. The highest BCUT2D eigenvalue weighted by molar-refractivity contribution is 7.97. The van der Waals surface area contributed by atoms with E-state index in [1.54, 1.807) is 7.11 Å². The summed E-state index contributed by atoms with van der Waals surface area (Å²) in [5.41, 5.74) is 8.75. The van der Waals surface area contributed by atoms with Crippen LogP contribution in [-0.4, -0.2) is 26.4 Å². The van der Waals surface area contributed by atoms with Gasteiger partial charge in [-0.25, -0.2) is 4.79 Å². The number of rotatable bonds is 9. The molecule has 1 amide bonds. The quantitative estimate of drug-likeness (QED) is 0.587. The first-order valence-electron chi connectivity index (χ1n) is 9.47. The Morgan fingerprint density at radius 1 is 1.07 bits per heavy atom. The Balaban J connectivity index is 1.77. The molecule has 0 heterocycles. The molecular formula is C22H30N2O4S. The number of amides is 1. The van der Waals surface area contributed by atoms with Crippen molar-refractivity contribution in [1.29, 1.82) is 0 Å². The first kappa shape index (κ1) is 22.9. The zero-order valence-corrected chi connectivity index (χ0v) is 18.3. The number of hydrogen-bond acceptors (Lipinski definition) is 6. The molecule has 29 heavy (non-hydrogen) atoms. The number of nitrogens with one attached hydrogen (secondary N) is 1. The SMILES string of the molecule is COc1cc(CSNC(=O)OCc2ccc(C(C)(C)C)cc2)ccc1OCCN. The first-order chi connectivity index (χ1) is 13.8. The maximum atomic E-state index is 11.9. The van der Waals surface area contributed by atoms with Crippen LogP contribution in [0.5, 0.6) is 11.5 Å². The normalized spacial score (nSPS) is 11.1. The molecule has 2 aromatic rings. The standard InChI is InChI=1S/C22H30N2O4S/c1-22(2,3)18-8-5-16(6-9-18)14-28-21(25)24-29-15-17-7-10-19(27-12-11-23)20(13-17)26-4/h5-10,13H,11-12,14-15,23H2,1-4H3,(H,24,25). The van der Waals surface area contributed by atoms with Crippen molar-refractivity contribution in [1.82, 2.24) is 4.72 Å². The fourth-order valence-electron chi connectivity index (χ4n) is 2.55. The van der Waals surface area contributed by atoms with E-state index in [0.29, 0.717) is 30.4 Å². The summed E-state index contributed by atoms with van der Waals surface area (Å²) in [5.74, 6) is 1.86. The van der Waals surface area contributed by atoms with E-state index in [9.17, 15) is 4.79 Å². The van der Waals surface area contributed by atoms with E-state index in [2.05, 4.69) is 37.6 Å². The highest BCUT2D eigenvalue weighted by Gasteiger charge is 2.13. The first-order valence-corrected chi connectivity index (χ1v) is 10.5. The van der Waals surface area contributed by atoms with Crippen LogP contribution >= 0.6 is 11.9 Å². The zero-order chi connectivity index (χ0) is 21.3. The highest BCUT2D eigenvalue weighted by Crippen LogP contribution is 2.29. The molecule has 6 nitrogen and oxygen atoms in total. The lowest BCUT2D eigenvalue weighted by Crippen LogP contribution is -2.17. The lowest BCUT2D eigenvalue weighted by atomic mass is 9.87. The number of ether oxygens (including phenoxy) is 3. The molecule has 0 aliphatic carbocycles. The van der Waals surface area contributed by atoms with Crippen molar-refractivity contribution in [3.05, 3.63) is 59.2 Å². The fourth-order valence-corrected chi connectivity index (χ4v) is 3.14. The predicted molar refractivity (Wildman–Crippen MR) is 117 cm³/mol. The Hall–Kier alpha value is -2.38. The number of nitrogens with two attached hydrogens (primary N) is 1. The molecule has 0 aromatic heterocycles. The van der Waals surface area contributed by atoms with Gasteiger partial charge in [0.05, 0.1) is 7.11 Å². The molecule has 0 radical (unpaired) electrons. The van der Waals surface area contributed by atoms with Crippen molar-refractivity contribution in [2.24, 2.45) is 5.73 Å². The largest absolute Gasteiger partial charge is 0.493 e. The molecule has 0 fully saturated rings. The van der Waals surface area contributed by atoms with Gasteiger partial charge in [0.25, 0.3) is 0 Å². The Bertz CT molecular complexity index is 788. The Kier molecular flexibility index (Phi) is 8.67. The van der Waals surface area contributed by atoms with Crippen LogP contribution in [0, 0.1) is 0 Å². The molecule has 0 aliphatic rings. The number of carbonyl (C=O) groups excluding carboxylic acids is 1.